The Balaban J connectivity index is 1.83. The summed E-state index contributed by atoms with van der Waals surface area (Å²) in [5.74, 6) is 0.904. The molecule has 1 aliphatic carbocycles. The molecule has 0 spiro atoms. The lowest BCUT2D eigenvalue weighted by Crippen LogP contribution is -2.38. The lowest BCUT2D eigenvalue weighted by Gasteiger charge is -2.26. The zero-order valence-corrected chi connectivity index (χ0v) is 9.07. The first kappa shape index (κ1) is 9.21. The molecule has 0 aromatic carbocycles. The van der Waals surface area contributed by atoms with Crippen LogP contribution in [0.3, 0.4) is 0 Å². The average molecular weight is 207 g/mol. The maximum atomic E-state index is 5.65. The van der Waals surface area contributed by atoms with E-state index < -0.39 is 0 Å². The predicted octanol–water partition coefficient (Wildman–Crippen LogP) is 1.31. The minimum absolute atomic E-state index is 0.579. The molecule has 15 heavy (non-hydrogen) atoms. The summed E-state index contributed by atoms with van der Waals surface area (Å²) in [6.07, 6.45) is 5.60. The van der Waals surface area contributed by atoms with E-state index in [1.165, 1.54) is 19.3 Å². The van der Waals surface area contributed by atoms with E-state index in [1.807, 2.05) is 13.1 Å². The van der Waals surface area contributed by atoms with Gasteiger partial charge < -0.3 is 14.6 Å². The van der Waals surface area contributed by atoms with Gasteiger partial charge in [0.1, 0.15) is 5.76 Å². The summed E-state index contributed by atoms with van der Waals surface area (Å²) < 4.78 is 5.65. The van der Waals surface area contributed by atoms with Gasteiger partial charge in [0.2, 0.25) is 0 Å². The van der Waals surface area contributed by atoms with E-state index in [0.29, 0.717) is 12.1 Å². The maximum Gasteiger partial charge on any atom is 0.297 e. The lowest BCUT2D eigenvalue weighted by atomic mass is 10.2. The van der Waals surface area contributed by atoms with Crippen molar-refractivity contribution >= 4 is 6.01 Å². The number of rotatable bonds is 3. The van der Waals surface area contributed by atoms with E-state index in [4.69, 9.17) is 4.42 Å². The molecule has 2 fully saturated rings. The number of oxazole rings is 1. The Morgan fingerprint density at radius 3 is 2.80 bits per heavy atom. The predicted molar refractivity (Wildman–Crippen MR) is 58.0 cm³/mol. The van der Waals surface area contributed by atoms with E-state index in [2.05, 4.69) is 15.2 Å². The second-order valence-electron chi connectivity index (χ2n) is 4.54. The molecule has 1 aromatic heterocycles. The third kappa shape index (κ3) is 1.74. The molecule has 1 N–H and O–H groups in total. The first-order chi connectivity index (χ1) is 7.34. The standard InChI is InChI=1S/C11H17N3O/c1-8-6-13-11(15-8)14(9-2-3-9)10-4-5-12-7-10/h6,9-10,12H,2-5,7H2,1H3. The SMILES string of the molecule is Cc1cnc(N(C2CC2)C2CCNC2)o1. The minimum atomic E-state index is 0.579. The molecule has 1 atom stereocenters. The van der Waals surface area contributed by atoms with Crippen LogP contribution < -0.4 is 10.2 Å². The van der Waals surface area contributed by atoms with Gasteiger partial charge in [-0.05, 0) is 32.7 Å². The molecule has 0 amide bonds. The maximum absolute atomic E-state index is 5.65. The van der Waals surface area contributed by atoms with Crippen molar-refractivity contribution in [3.05, 3.63) is 12.0 Å². The Kier molecular flexibility index (Phi) is 2.16. The van der Waals surface area contributed by atoms with Crippen LogP contribution in [0.15, 0.2) is 10.6 Å². The topological polar surface area (TPSA) is 41.3 Å². The Morgan fingerprint density at radius 1 is 1.40 bits per heavy atom. The molecule has 2 heterocycles. The fourth-order valence-corrected chi connectivity index (χ4v) is 2.30. The van der Waals surface area contributed by atoms with E-state index in [0.717, 1.165) is 24.9 Å². The Hall–Kier alpha value is -1.03. The van der Waals surface area contributed by atoms with Crippen LogP contribution in [0, 0.1) is 6.92 Å². The van der Waals surface area contributed by atoms with Gasteiger partial charge in [-0.15, -0.1) is 0 Å². The van der Waals surface area contributed by atoms with Crippen molar-refractivity contribution in [3.63, 3.8) is 0 Å². The molecule has 1 aliphatic heterocycles. The number of hydrogen-bond acceptors (Lipinski definition) is 4. The van der Waals surface area contributed by atoms with Crippen molar-refractivity contribution in [3.8, 4) is 0 Å². The Morgan fingerprint density at radius 2 is 2.27 bits per heavy atom. The van der Waals surface area contributed by atoms with Crippen molar-refractivity contribution in [1.82, 2.24) is 10.3 Å². The fraction of sp³-hybridized carbons (Fsp3) is 0.727. The number of anilines is 1. The number of aryl methyl sites for hydroxylation is 1. The molecule has 1 aromatic rings. The first-order valence-corrected chi connectivity index (χ1v) is 5.76. The molecule has 4 nitrogen and oxygen atoms in total. The minimum Gasteiger partial charge on any atom is -0.429 e. The van der Waals surface area contributed by atoms with Crippen LogP contribution in [-0.2, 0) is 0 Å². The van der Waals surface area contributed by atoms with Crippen LogP contribution >= 0.6 is 0 Å². The zero-order chi connectivity index (χ0) is 10.3. The molecule has 0 bridgehead atoms. The third-order valence-corrected chi connectivity index (χ3v) is 3.20. The fourth-order valence-electron chi connectivity index (χ4n) is 2.30. The van der Waals surface area contributed by atoms with Gasteiger partial charge in [-0.25, -0.2) is 4.98 Å². The van der Waals surface area contributed by atoms with Crippen LogP contribution in [0.25, 0.3) is 0 Å². The molecule has 82 valence electrons. The van der Waals surface area contributed by atoms with Crippen LogP contribution in [-0.4, -0.2) is 30.2 Å². The molecular formula is C11H17N3O. The van der Waals surface area contributed by atoms with Crippen molar-refractivity contribution < 1.29 is 4.42 Å². The van der Waals surface area contributed by atoms with Crippen molar-refractivity contribution in [1.29, 1.82) is 0 Å². The summed E-state index contributed by atoms with van der Waals surface area (Å²) >= 11 is 0. The van der Waals surface area contributed by atoms with Gasteiger partial charge in [0.05, 0.1) is 6.20 Å². The monoisotopic (exact) mass is 207 g/mol. The summed E-state index contributed by atoms with van der Waals surface area (Å²) in [7, 11) is 0. The average Bonchev–Trinajstić information content (AvgIpc) is 2.74. The zero-order valence-electron chi connectivity index (χ0n) is 9.07. The highest BCUT2D eigenvalue weighted by Crippen LogP contribution is 2.34. The van der Waals surface area contributed by atoms with Gasteiger partial charge in [0.15, 0.2) is 0 Å². The van der Waals surface area contributed by atoms with Gasteiger partial charge in [-0.1, -0.05) is 0 Å². The molecule has 3 rings (SSSR count). The summed E-state index contributed by atoms with van der Waals surface area (Å²) in [4.78, 5) is 6.74. The van der Waals surface area contributed by atoms with Crippen LogP contribution in [0.4, 0.5) is 6.01 Å². The molecule has 1 saturated carbocycles. The second kappa shape index (κ2) is 3.52. The molecule has 4 heteroatoms. The smallest absolute Gasteiger partial charge is 0.297 e. The number of hydrogen-bond donors (Lipinski definition) is 1. The summed E-state index contributed by atoms with van der Waals surface area (Å²) in [5.41, 5.74) is 0. The van der Waals surface area contributed by atoms with Gasteiger partial charge in [-0.2, -0.15) is 0 Å². The van der Waals surface area contributed by atoms with E-state index >= 15 is 0 Å². The van der Waals surface area contributed by atoms with Crippen molar-refractivity contribution in [2.45, 2.75) is 38.3 Å². The normalized spacial score (nSPS) is 25.8. The molecule has 0 radical (unpaired) electrons. The van der Waals surface area contributed by atoms with Crippen LogP contribution in [0.2, 0.25) is 0 Å². The highest BCUT2D eigenvalue weighted by atomic mass is 16.4. The number of aromatic nitrogens is 1. The van der Waals surface area contributed by atoms with Gasteiger partial charge in [0, 0.05) is 18.6 Å². The van der Waals surface area contributed by atoms with Crippen LogP contribution in [0.1, 0.15) is 25.0 Å². The number of nitrogens with zero attached hydrogens (tertiary/aromatic N) is 2. The summed E-state index contributed by atoms with van der Waals surface area (Å²) in [6, 6.07) is 2.08. The van der Waals surface area contributed by atoms with Crippen LogP contribution in [0.5, 0.6) is 0 Å². The third-order valence-electron chi connectivity index (χ3n) is 3.20. The molecule has 2 aliphatic rings. The molecule has 1 saturated heterocycles. The molecule has 1 unspecified atom stereocenters. The molecular weight excluding hydrogens is 190 g/mol. The van der Waals surface area contributed by atoms with E-state index in [9.17, 15) is 0 Å². The Labute approximate surface area is 89.7 Å². The largest absolute Gasteiger partial charge is 0.429 e. The van der Waals surface area contributed by atoms with Gasteiger partial charge >= 0.3 is 0 Å². The lowest BCUT2D eigenvalue weighted by molar-refractivity contribution is 0.480. The number of nitrogens with one attached hydrogen (secondary N) is 1. The Bertz CT molecular complexity index is 339. The highest BCUT2D eigenvalue weighted by Gasteiger charge is 2.37. The van der Waals surface area contributed by atoms with E-state index in [-0.39, 0.29) is 0 Å². The summed E-state index contributed by atoms with van der Waals surface area (Å²) in [6.45, 7) is 4.14. The quantitative estimate of drug-likeness (QED) is 0.811. The van der Waals surface area contributed by atoms with Gasteiger partial charge in [-0.3, -0.25) is 0 Å². The van der Waals surface area contributed by atoms with Gasteiger partial charge in [0.25, 0.3) is 6.01 Å². The second-order valence-corrected chi connectivity index (χ2v) is 4.54. The first-order valence-electron chi connectivity index (χ1n) is 5.76. The van der Waals surface area contributed by atoms with Crippen molar-refractivity contribution in [2.24, 2.45) is 0 Å². The highest BCUT2D eigenvalue weighted by molar-refractivity contribution is 5.34. The van der Waals surface area contributed by atoms with E-state index in [1.54, 1.807) is 0 Å². The van der Waals surface area contributed by atoms with Crippen molar-refractivity contribution in [2.75, 3.05) is 18.0 Å². The summed E-state index contributed by atoms with van der Waals surface area (Å²) in [5, 5.41) is 3.40.